The molecule has 0 saturated heterocycles. The molecule has 1 aromatic carbocycles. The number of hydrogen-bond acceptors (Lipinski definition) is 0. The number of aromatic nitrogens is 2. The monoisotopic (exact) mass is 528 g/mol. The lowest BCUT2D eigenvalue weighted by atomic mass is 10.1. The van der Waals surface area contributed by atoms with Crippen molar-refractivity contribution >= 4 is 36.5 Å². The third kappa shape index (κ3) is 5.49. The molecule has 6 rings (SSSR count). The quantitative estimate of drug-likeness (QED) is 0.319. The van der Waals surface area contributed by atoms with E-state index in [1.165, 1.54) is 56.4 Å². The minimum absolute atomic E-state index is 0.948. The lowest BCUT2D eigenvalue weighted by Crippen LogP contribution is -2.04. The van der Waals surface area contributed by atoms with Crippen LogP contribution in [0.15, 0.2) is 72.9 Å². The smallest absolute Gasteiger partial charge is 0.0534 e. The van der Waals surface area contributed by atoms with Crippen LogP contribution >= 0.6 is 0 Å². The lowest BCUT2D eigenvalue weighted by Gasteiger charge is -2.15. The molecular formula is C38H44N2. The van der Waals surface area contributed by atoms with Gasteiger partial charge in [0.05, 0.1) is 17.1 Å². The zero-order valence-corrected chi connectivity index (χ0v) is 25.1. The van der Waals surface area contributed by atoms with Crippen LogP contribution < -0.4 is 0 Å². The highest BCUT2D eigenvalue weighted by Crippen LogP contribution is 2.36. The van der Waals surface area contributed by atoms with Gasteiger partial charge in [-0.25, -0.2) is 0 Å². The Kier molecular flexibility index (Phi) is 10.0. The van der Waals surface area contributed by atoms with Crippen LogP contribution in [0.25, 0.3) is 47.8 Å². The molecule has 0 spiro atoms. The summed E-state index contributed by atoms with van der Waals surface area (Å²) in [6, 6.07) is 9.02. The summed E-state index contributed by atoms with van der Waals surface area (Å²) in [6.45, 7) is 12.4. The zero-order chi connectivity index (χ0) is 28.5. The van der Waals surface area contributed by atoms with Crippen LogP contribution in [0.4, 0.5) is 0 Å². The molecule has 0 bridgehead atoms. The van der Waals surface area contributed by atoms with E-state index in [1.54, 1.807) is 0 Å². The van der Waals surface area contributed by atoms with E-state index in [-0.39, 0.29) is 0 Å². The number of benzene rings is 1. The van der Waals surface area contributed by atoms with Crippen LogP contribution in [0.1, 0.15) is 98.9 Å². The summed E-state index contributed by atoms with van der Waals surface area (Å²) in [6.07, 6.45) is 35.5. The van der Waals surface area contributed by atoms with Gasteiger partial charge in [-0.2, -0.15) is 0 Å². The molecule has 0 atom stereocenters. The van der Waals surface area contributed by atoms with Crippen molar-refractivity contribution < 1.29 is 0 Å². The Morgan fingerprint density at radius 3 is 2.02 bits per heavy atom. The number of allylic oxidation sites excluding steroid dienone is 8. The first-order valence-corrected chi connectivity index (χ1v) is 15.1. The van der Waals surface area contributed by atoms with Gasteiger partial charge in [0.1, 0.15) is 0 Å². The summed E-state index contributed by atoms with van der Waals surface area (Å²) in [7, 11) is 0. The predicted octanol–water partition coefficient (Wildman–Crippen LogP) is 11.0. The zero-order valence-electron chi connectivity index (χ0n) is 25.1. The number of rotatable bonds is 4. The van der Waals surface area contributed by atoms with Gasteiger partial charge in [0.2, 0.25) is 0 Å². The third-order valence-electron chi connectivity index (χ3n) is 7.28. The van der Waals surface area contributed by atoms with Crippen LogP contribution in [0.3, 0.4) is 0 Å². The van der Waals surface area contributed by atoms with E-state index in [1.807, 2.05) is 27.7 Å². The second kappa shape index (κ2) is 13.8. The van der Waals surface area contributed by atoms with Gasteiger partial charge < -0.3 is 9.13 Å². The molecule has 0 unspecified atom stereocenters. The molecule has 0 amide bonds. The second-order valence-electron chi connectivity index (χ2n) is 9.53. The van der Waals surface area contributed by atoms with E-state index in [0.29, 0.717) is 0 Å². The maximum atomic E-state index is 2.44. The summed E-state index contributed by atoms with van der Waals surface area (Å²) in [5, 5.41) is 0. The van der Waals surface area contributed by atoms with Gasteiger partial charge in [-0.15, -0.1) is 0 Å². The van der Waals surface area contributed by atoms with Crippen molar-refractivity contribution in [3.05, 3.63) is 118 Å². The van der Waals surface area contributed by atoms with Gasteiger partial charge >= 0.3 is 0 Å². The van der Waals surface area contributed by atoms with Crippen molar-refractivity contribution in [1.82, 2.24) is 9.13 Å². The molecule has 2 nitrogen and oxygen atoms in total. The fraction of sp³-hybridized carbons (Fsp3) is 0.263. The van der Waals surface area contributed by atoms with Crippen LogP contribution in [-0.4, -0.2) is 9.13 Å². The molecule has 0 saturated carbocycles. The highest BCUT2D eigenvalue weighted by atomic mass is 15.0. The Hall–Kier alpha value is -4.04. The minimum Gasteiger partial charge on any atom is -0.313 e. The SMILES string of the molecule is CC.CC.CC/C=C\c1c2c(n(-c3cccc(-n4c5c(c6c4C=CC=CC6)C=CCC=C5)c3)c1C)C=CCC=C2. The highest BCUT2D eigenvalue weighted by Gasteiger charge is 2.22. The van der Waals surface area contributed by atoms with Gasteiger partial charge in [-0.1, -0.05) is 108 Å². The Bertz CT molecular complexity index is 1540. The van der Waals surface area contributed by atoms with E-state index in [0.717, 1.165) is 25.7 Å². The average Bonchev–Trinajstić information content (AvgIpc) is 3.25. The van der Waals surface area contributed by atoms with Crippen molar-refractivity contribution in [2.24, 2.45) is 0 Å². The largest absolute Gasteiger partial charge is 0.313 e. The molecule has 0 N–H and O–H groups in total. The van der Waals surface area contributed by atoms with Gasteiger partial charge in [0.15, 0.2) is 0 Å². The Labute approximate surface area is 241 Å². The summed E-state index contributed by atoms with van der Waals surface area (Å²) in [4.78, 5) is 0. The van der Waals surface area contributed by atoms with E-state index in [4.69, 9.17) is 0 Å². The van der Waals surface area contributed by atoms with Crippen LogP contribution in [0.2, 0.25) is 0 Å². The lowest BCUT2D eigenvalue weighted by molar-refractivity contribution is 0.980. The molecule has 2 heterocycles. The summed E-state index contributed by atoms with van der Waals surface area (Å²) in [5.41, 5.74) is 12.8. The van der Waals surface area contributed by atoms with Crippen molar-refractivity contribution in [2.45, 2.75) is 67.2 Å². The molecule has 0 aliphatic heterocycles. The molecule has 2 heteroatoms. The Morgan fingerprint density at radius 2 is 1.32 bits per heavy atom. The number of fused-ring (bicyclic) bond motifs is 4. The highest BCUT2D eigenvalue weighted by molar-refractivity contribution is 5.79. The van der Waals surface area contributed by atoms with Gasteiger partial charge in [0, 0.05) is 33.8 Å². The summed E-state index contributed by atoms with van der Waals surface area (Å²) in [5.74, 6) is 0. The first kappa shape index (κ1) is 29.0. The van der Waals surface area contributed by atoms with Crippen molar-refractivity contribution in [3.8, 4) is 11.4 Å². The summed E-state index contributed by atoms with van der Waals surface area (Å²) < 4.78 is 4.86. The second-order valence-corrected chi connectivity index (χ2v) is 9.53. The van der Waals surface area contributed by atoms with E-state index >= 15 is 0 Å². The topological polar surface area (TPSA) is 9.86 Å². The third-order valence-corrected chi connectivity index (χ3v) is 7.28. The molecule has 0 radical (unpaired) electrons. The van der Waals surface area contributed by atoms with Crippen molar-refractivity contribution in [1.29, 1.82) is 0 Å². The molecular weight excluding hydrogens is 484 g/mol. The Balaban J connectivity index is 0.000000886. The van der Waals surface area contributed by atoms with E-state index in [9.17, 15) is 0 Å². The van der Waals surface area contributed by atoms with Gasteiger partial charge in [0.25, 0.3) is 0 Å². The van der Waals surface area contributed by atoms with Gasteiger partial charge in [-0.05, 0) is 74.6 Å². The standard InChI is InChI=1S/C34H32N2.2C2H6/c1-3-4-17-28-25(2)35(32-21-11-5-8-18-29(28)32)26-15-14-16-27(24-26)36-33-22-12-6-9-19-30(33)31-20-10-7-13-23-34(31)36;2*1-2/h4,6,8-18,20-24H,3,5,7,19H2,1-2H3;2*1-2H3/b17-4-;;. The predicted molar refractivity (Wildman–Crippen MR) is 179 cm³/mol. The normalized spacial score (nSPS) is 14.3. The first-order chi connectivity index (χ1) is 19.8. The average molecular weight is 529 g/mol. The molecule has 3 aliphatic carbocycles. The van der Waals surface area contributed by atoms with E-state index < -0.39 is 0 Å². The molecule has 2 aromatic heterocycles. The van der Waals surface area contributed by atoms with Crippen molar-refractivity contribution in [2.75, 3.05) is 0 Å². The van der Waals surface area contributed by atoms with Crippen LogP contribution in [-0.2, 0) is 6.42 Å². The van der Waals surface area contributed by atoms with E-state index in [2.05, 4.69) is 132 Å². The molecule has 3 aromatic rings. The molecule has 206 valence electrons. The molecule has 3 aliphatic rings. The maximum Gasteiger partial charge on any atom is 0.0534 e. The van der Waals surface area contributed by atoms with Crippen LogP contribution in [0, 0.1) is 6.92 Å². The minimum atomic E-state index is 0.948. The number of hydrogen-bond donors (Lipinski definition) is 0. The summed E-state index contributed by atoms with van der Waals surface area (Å²) >= 11 is 0. The fourth-order valence-corrected chi connectivity index (χ4v) is 5.64. The first-order valence-electron chi connectivity index (χ1n) is 15.1. The van der Waals surface area contributed by atoms with Crippen LogP contribution in [0.5, 0.6) is 0 Å². The fourth-order valence-electron chi connectivity index (χ4n) is 5.64. The molecule has 40 heavy (non-hydrogen) atoms. The van der Waals surface area contributed by atoms with Crippen molar-refractivity contribution in [3.63, 3.8) is 0 Å². The maximum absolute atomic E-state index is 2.44. The van der Waals surface area contributed by atoms with Gasteiger partial charge in [-0.3, -0.25) is 0 Å². The number of nitrogens with zero attached hydrogens (tertiary/aromatic N) is 2. The Morgan fingerprint density at radius 1 is 0.700 bits per heavy atom. The molecule has 0 fully saturated rings.